The minimum atomic E-state index is -0.0344. The highest BCUT2D eigenvalue weighted by Gasteiger charge is 2.32. The second-order valence-electron chi connectivity index (χ2n) is 5.76. The fourth-order valence-corrected chi connectivity index (χ4v) is 3.00. The van der Waals surface area contributed by atoms with E-state index in [0.29, 0.717) is 5.89 Å². The number of likely N-dealkylation sites (tertiary alicyclic amines) is 1. The molecule has 1 atom stereocenters. The van der Waals surface area contributed by atoms with Gasteiger partial charge in [0.2, 0.25) is 11.8 Å². The summed E-state index contributed by atoms with van der Waals surface area (Å²) in [6.07, 6.45) is 4.70. The Morgan fingerprint density at radius 2 is 2.14 bits per heavy atom. The summed E-state index contributed by atoms with van der Waals surface area (Å²) in [6.45, 7) is 2.38. The van der Waals surface area contributed by atoms with Crippen molar-refractivity contribution in [1.29, 1.82) is 0 Å². The molecule has 2 aromatic rings. The summed E-state index contributed by atoms with van der Waals surface area (Å²) >= 11 is 0. The van der Waals surface area contributed by atoms with E-state index in [-0.39, 0.29) is 11.9 Å². The van der Waals surface area contributed by atoms with Crippen LogP contribution in [0.1, 0.15) is 49.5 Å². The molecule has 1 amide bonds. The molecule has 3 rings (SSSR count). The summed E-state index contributed by atoms with van der Waals surface area (Å²) in [5, 5.41) is 4.06. The van der Waals surface area contributed by atoms with E-state index in [2.05, 4.69) is 34.4 Å². The van der Waals surface area contributed by atoms with Gasteiger partial charge in [-0.1, -0.05) is 35.5 Å². The molecule has 5 nitrogen and oxygen atoms in total. The van der Waals surface area contributed by atoms with Gasteiger partial charge in [-0.3, -0.25) is 4.79 Å². The van der Waals surface area contributed by atoms with Crippen LogP contribution >= 0.6 is 0 Å². The number of hydrogen-bond donors (Lipinski definition) is 0. The van der Waals surface area contributed by atoms with Crippen LogP contribution in [0.4, 0.5) is 0 Å². The third-order valence-corrected chi connectivity index (χ3v) is 4.13. The minimum Gasteiger partial charge on any atom is -0.337 e. The maximum atomic E-state index is 11.6. The van der Waals surface area contributed by atoms with Crippen LogP contribution in [0, 0.1) is 0 Å². The molecule has 1 aliphatic rings. The number of aryl methyl sites for hydroxylation is 2. The molecular formula is C17H21N3O2. The molecular weight excluding hydrogens is 278 g/mol. The highest BCUT2D eigenvalue weighted by atomic mass is 16.5. The number of hydrogen-bond acceptors (Lipinski definition) is 4. The minimum absolute atomic E-state index is 0.0344. The van der Waals surface area contributed by atoms with Crippen LogP contribution in [0.3, 0.4) is 0 Å². The van der Waals surface area contributed by atoms with E-state index in [1.165, 1.54) is 5.56 Å². The van der Waals surface area contributed by atoms with E-state index in [4.69, 9.17) is 4.52 Å². The fraction of sp³-hybridized carbons (Fsp3) is 0.471. The first-order valence-electron chi connectivity index (χ1n) is 7.87. The first-order valence-corrected chi connectivity index (χ1v) is 7.87. The van der Waals surface area contributed by atoms with Crippen LogP contribution in [0.15, 0.2) is 34.9 Å². The average molecular weight is 299 g/mol. The van der Waals surface area contributed by atoms with Gasteiger partial charge in [0.15, 0.2) is 5.82 Å². The van der Waals surface area contributed by atoms with E-state index in [0.717, 1.165) is 44.5 Å². The first kappa shape index (κ1) is 14.8. The van der Waals surface area contributed by atoms with E-state index in [9.17, 15) is 4.79 Å². The molecule has 22 heavy (non-hydrogen) atoms. The third kappa shape index (κ3) is 3.35. The first-order chi connectivity index (χ1) is 10.7. The predicted molar refractivity (Wildman–Crippen MR) is 82.1 cm³/mol. The summed E-state index contributed by atoms with van der Waals surface area (Å²) in [7, 11) is 0. The van der Waals surface area contributed by atoms with Gasteiger partial charge in [-0.15, -0.1) is 0 Å². The number of carbonyl (C=O) groups excluding carboxylic acids is 1. The summed E-state index contributed by atoms with van der Waals surface area (Å²) in [5.41, 5.74) is 1.32. The van der Waals surface area contributed by atoms with E-state index >= 15 is 0 Å². The smallest absolute Gasteiger partial charge is 0.249 e. The zero-order valence-electron chi connectivity index (χ0n) is 12.9. The van der Waals surface area contributed by atoms with Gasteiger partial charge >= 0.3 is 0 Å². The molecule has 0 radical (unpaired) electrons. The van der Waals surface area contributed by atoms with Crippen LogP contribution in [-0.2, 0) is 17.6 Å². The Morgan fingerprint density at radius 3 is 2.91 bits per heavy atom. The molecule has 0 aliphatic carbocycles. The lowest BCUT2D eigenvalue weighted by Gasteiger charge is -2.19. The van der Waals surface area contributed by atoms with Gasteiger partial charge in [0.05, 0.1) is 0 Å². The van der Waals surface area contributed by atoms with Crippen molar-refractivity contribution in [3.05, 3.63) is 47.6 Å². The Morgan fingerprint density at radius 1 is 1.32 bits per heavy atom. The molecule has 0 spiro atoms. The van der Waals surface area contributed by atoms with Gasteiger partial charge < -0.3 is 9.42 Å². The standard InChI is InChI=1S/C17H21N3O2/c1-13(21)20-12-6-10-15(20)17-18-16(19-22-17)11-5-9-14-7-3-2-4-8-14/h2-4,7-8,15H,5-6,9-12H2,1H3/t15-/m0/s1. The molecule has 1 aromatic carbocycles. The lowest BCUT2D eigenvalue weighted by Crippen LogP contribution is -2.28. The molecule has 1 aromatic heterocycles. The van der Waals surface area contributed by atoms with Crippen LogP contribution in [0.25, 0.3) is 0 Å². The van der Waals surface area contributed by atoms with Crippen molar-refractivity contribution in [3.8, 4) is 0 Å². The maximum Gasteiger partial charge on any atom is 0.249 e. The van der Waals surface area contributed by atoms with Crippen molar-refractivity contribution in [2.24, 2.45) is 0 Å². The highest BCUT2D eigenvalue weighted by molar-refractivity contribution is 5.73. The van der Waals surface area contributed by atoms with Crippen LogP contribution in [-0.4, -0.2) is 27.5 Å². The number of carbonyl (C=O) groups is 1. The van der Waals surface area contributed by atoms with Crippen molar-refractivity contribution in [2.45, 2.75) is 45.1 Å². The molecule has 0 unspecified atom stereocenters. The molecule has 0 N–H and O–H groups in total. The quantitative estimate of drug-likeness (QED) is 0.851. The lowest BCUT2D eigenvalue weighted by molar-refractivity contribution is -0.130. The summed E-state index contributed by atoms with van der Waals surface area (Å²) in [5.74, 6) is 1.40. The molecule has 1 aliphatic heterocycles. The SMILES string of the molecule is CC(=O)N1CCC[C@H]1c1nc(CCCc2ccccc2)no1. The Bertz CT molecular complexity index is 624. The third-order valence-electron chi connectivity index (χ3n) is 4.13. The van der Waals surface area contributed by atoms with Gasteiger partial charge in [-0.05, 0) is 31.2 Å². The van der Waals surface area contributed by atoms with Crippen molar-refractivity contribution >= 4 is 5.91 Å². The topological polar surface area (TPSA) is 59.2 Å². The van der Waals surface area contributed by atoms with Gasteiger partial charge in [0, 0.05) is 19.9 Å². The number of amides is 1. The van der Waals surface area contributed by atoms with Gasteiger partial charge in [-0.25, -0.2) is 0 Å². The lowest BCUT2D eigenvalue weighted by atomic mass is 10.1. The van der Waals surface area contributed by atoms with Crippen LogP contribution in [0.2, 0.25) is 0 Å². The summed E-state index contributed by atoms with van der Waals surface area (Å²) in [6, 6.07) is 10.4. The zero-order valence-corrected chi connectivity index (χ0v) is 12.9. The number of rotatable bonds is 5. The predicted octanol–water partition coefficient (Wildman–Crippen LogP) is 2.93. The number of benzene rings is 1. The molecule has 0 saturated carbocycles. The highest BCUT2D eigenvalue weighted by Crippen LogP contribution is 2.30. The normalized spacial score (nSPS) is 17.9. The Balaban J connectivity index is 1.56. The Kier molecular flexibility index (Phi) is 4.51. The second-order valence-corrected chi connectivity index (χ2v) is 5.76. The van der Waals surface area contributed by atoms with E-state index in [1.807, 2.05) is 11.0 Å². The molecule has 5 heteroatoms. The molecule has 0 bridgehead atoms. The van der Waals surface area contributed by atoms with Crippen molar-refractivity contribution in [1.82, 2.24) is 15.0 Å². The van der Waals surface area contributed by atoms with Crippen molar-refractivity contribution < 1.29 is 9.32 Å². The van der Waals surface area contributed by atoms with Gasteiger partial charge in [0.1, 0.15) is 6.04 Å². The Labute approximate surface area is 130 Å². The second kappa shape index (κ2) is 6.73. The van der Waals surface area contributed by atoms with Crippen LogP contribution < -0.4 is 0 Å². The van der Waals surface area contributed by atoms with E-state index in [1.54, 1.807) is 6.92 Å². The van der Waals surface area contributed by atoms with Crippen LogP contribution in [0.5, 0.6) is 0 Å². The number of nitrogens with zero attached hydrogens (tertiary/aromatic N) is 3. The maximum absolute atomic E-state index is 11.6. The van der Waals surface area contributed by atoms with Gasteiger partial charge in [0.25, 0.3) is 0 Å². The average Bonchev–Trinajstić information content (AvgIpc) is 3.17. The molecule has 2 heterocycles. The monoisotopic (exact) mass is 299 g/mol. The Hall–Kier alpha value is -2.17. The molecule has 1 saturated heterocycles. The van der Waals surface area contributed by atoms with Crippen molar-refractivity contribution in [3.63, 3.8) is 0 Å². The molecule has 116 valence electrons. The summed E-state index contributed by atoms with van der Waals surface area (Å²) in [4.78, 5) is 17.9. The zero-order chi connectivity index (χ0) is 15.4. The van der Waals surface area contributed by atoms with E-state index < -0.39 is 0 Å². The molecule has 1 fully saturated rings. The largest absolute Gasteiger partial charge is 0.337 e. The van der Waals surface area contributed by atoms with Gasteiger partial charge in [-0.2, -0.15) is 4.98 Å². The van der Waals surface area contributed by atoms with Crippen molar-refractivity contribution in [2.75, 3.05) is 6.54 Å². The fourth-order valence-electron chi connectivity index (χ4n) is 3.00. The number of aromatic nitrogens is 2. The summed E-state index contributed by atoms with van der Waals surface area (Å²) < 4.78 is 5.38.